The Hall–Kier alpha value is -6.06. The van der Waals surface area contributed by atoms with Crippen molar-refractivity contribution < 1.29 is 4.74 Å². The van der Waals surface area contributed by atoms with Gasteiger partial charge in [-0.05, 0) is 81.4 Å². The van der Waals surface area contributed by atoms with E-state index in [4.69, 9.17) is 4.74 Å². The summed E-state index contributed by atoms with van der Waals surface area (Å²) in [5.74, 6) is 0.922. The van der Waals surface area contributed by atoms with Crippen LogP contribution < -0.4 is 9.64 Å². The van der Waals surface area contributed by atoms with Crippen LogP contribution in [-0.4, -0.2) is 17.7 Å². The van der Waals surface area contributed by atoms with E-state index in [0.717, 1.165) is 18.0 Å². The lowest BCUT2D eigenvalue weighted by molar-refractivity contribution is 0.314. The third-order valence-corrected chi connectivity index (χ3v) is 9.89. The Balaban J connectivity index is 1.32. The van der Waals surface area contributed by atoms with Crippen molar-refractivity contribution in [2.45, 2.75) is 0 Å². The van der Waals surface area contributed by atoms with E-state index in [-0.39, 0.29) is 0 Å². The average molecular weight is 603 g/mol. The lowest BCUT2D eigenvalue weighted by Crippen LogP contribution is -2.28. The molecule has 2 aliphatic rings. The van der Waals surface area contributed by atoms with Crippen molar-refractivity contribution >= 4 is 33.2 Å². The average Bonchev–Trinajstić information content (AvgIpc) is 3.48. The first kappa shape index (κ1) is 26.2. The lowest BCUT2D eigenvalue weighted by atomic mass is 9.80. The molecule has 3 heteroatoms. The predicted octanol–water partition coefficient (Wildman–Crippen LogP) is 11.3. The Morgan fingerprint density at radius 3 is 1.70 bits per heavy atom. The van der Waals surface area contributed by atoms with E-state index in [1.807, 2.05) is 0 Å². The zero-order valence-electron chi connectivity index (χ0n) is 25.7. The molecule has 8 aromatic rings. The zero-order valence-corrected chi connectivity index (χ0v) is 25.7. The number of nitrogens with zero attached hydrogens (tertiary/aromatic N) is 2. The fourth-order valence-electron chi connectivity index (χ4n) is 7.89. The van der Waals surface area contributed by atoms with Crippen molar-refractivity contribution in [1.29, 1.82) is 0 Å². The van der Waals surface area contributed by atoms with Gasteiger partial charge in [0.05, 0.1) is 29.0 Å². The van der Waals surface area contributed by atoms with Gasteiger partial charge in [-0.2, -0.15) is 0 Å². The van der Waals surface area contributed by atoms with Gasteiger partial charge in [0.2, 0.25) is 0 Å². The van der Waals surface area contributed by atoms with Gasteiger partial charge < -0.3 is 14.2 Å². The molecule has 2 heterocycles. The van der Waals surface area contributed by atoms with Gasteiger partial charge in [-0.15, -0.1) is 0 Å². The molecule has 1 aliphatic carbocycles. The van der Waals surface area contributed by atoms with Crippen LogP contribution in [0.4, 0.5) is 11.4 Å². The molecule has 7 aromatic carbocycles. The maximum atomic E-state index is 6.39. The summed E-state index contributed by atoms with van der Waals surface area (Å²) >= 11 is 0. The normalized spacial score (nSPS) is 13.1. The maximum Gasteiger partial charge on any atom is 0.143 e. The molecule has 0 N–H and O–H groups in total. The second kappa shape index (κ2) is 10.2. The Labute approximate surface area is 273 Å². The fourth-order valence-corrected chi connectivity index (χ4v) is 7.89. The van der Waals surface area contributed by atoms with Gasteiger partial charge in [-0.1, -0.05) is 115 Å². The molecule has 3 nitrogen and oxygen atoms in total. The summed E-state index contributed by atoms with van der Waals surface area (Å²) in [6.07, 6.45) is 0. The van der Waals surface area contributed by atoms with Gasteiger partial charge in [-0.3, -0.25) is 0 Å². The lowest BCUT2D eigenvalue weighted by Gasteiger charge is -2.33. The number of hydrogen-bond donors (Lipinski definition) is 0. The highest BCUT2D eigenvalue weighted by atomic mass is 16.5. The number of anilines is 2. The number of ether oxygens (including phenoxy) is 1. The third-order valence-electron chi connectivity index (χ3n) is 9.89. The van der Waals surface area contributed by atoms with Gasteiger partial charge >= 0.3 is 0 Å². The number of benzene rings is 7. The van der Waals surface area contributed by atoms with Crippen molar-refractivity contribution in [1.82, 2.24) is 4.57 Å². The van der Waals surface area contributed by atoms with Crippen LogP contribution in [0.1, 0.15) is 0 Å². The molecule has 0 saturated heterocycles. The number of hydrogen-bond acceptors (Lipinski definition) is 2. The maximum absolute atomic E-state index is 6.39. The SMILES string of the molecule is c1ccc(N2CCOc3cc4c(cc32)-c2ccccc2-c2c(cccc2-n2c3ccccc3c3ccccc32)-c2ccccc2-4)cc1. The quantitative estimate of drug-likeness (QED) is 0.196. The first-order chi connectivity index (χ1) is 23.3. The van der Waals surface area contributed by atoms with E-state index >= 15 is 0 Å². The van der Waals surface area contributed by atoms with E-state index < -0.39 is 0 Å². The van der Waals surface area contributed by atoms with Gasteiger partial charge in [0.25, 0.3) is 0 Å². The molecule has 0 saturated carbocycles. The number of rotatable bonds is 2. The molecule has 1 aliphatic heterocycles. The van der Waals surface area contributed by atoms with Crippen LogP contribution in [0, 0.1) is 0 Å². The molecule has 1 aromatic heterocycles. The highest BCUT2D eigenvalue weighted by Gasteiger charge is 2.29. The van der Waals surface area contributed by atoms with Crippen LogP contribution in [-0.2, 0) is 0 Å². The smallest absolute Gasteiger partial charge is 0.143 e. The zero-order chi connectivity index (χ0) is 30.9. The third kappa shape index (κ3) is 3.87. The summed E-state index contributed by atoms with van der Waals surface area (Å²) in [5.41, 5.74) is 15.6. The van der Waals surface area contributed by atoms with Crippen LogP contribution in [0.5, 0.6) is 5.75 Å². The topological polar surface area (TPSA) is 17.4 Å². The molecular formula is C44H30N2O. The van der Waals surface area contributed by atoms with Crippen molar-refractivity contribution in [2.75, 3.05) is 18.1 Å². The molecule has 0 spiro atoms. The Kier molecular flexibility index (Phi) is 5.70. The summed E-state index contributed by atoms with van der Waals surface area (Å²) in [6.45, 7) is 1.44. The monoisotopic (exact) mass is 602 g/mol. The van der Waals surface area contributed by atoms with Gasteiger partial charge in [0, 0.05) is 22.0 Å². The van der Waals surface area contributed by atoms with Gasteiger partial charge in [0.15, 0.2) is 0 Å². The number of fused-ring (bicyclic) bond motifs is 12. The molecular weight excluding hydrogens is 572 g/mol. The summed E-state index contributed by atoms with van der Waals surface area (Å²) in [4.78, 5) is 2.39. The van der Waals surface area contributed by atoms with E-state index in [1.165, 1.54) is 77.7 Å². The standard InChI is InChI=1S/C44H30N2O/c1-2-13-29(14-3-1)45-25-26-47-43-28-38-31-16-5-4-15-30(31)36-21-12-24-41(44(36)35-20-7-6-17-32(35)37(38)27-42(43)45)46-39-22-10-8-18-33(39)34-19-9-11-23-40(34)46/h1-24,27-28H,25-26H2. The largest absolute Gasteiger partial charge is 0.490 e. The van der Waals surface area contributed by atoms with Crippen LogP contribution in [0.3, 0.4) is 0 Å². The predicted molar refractivity (Wildman–Crippen MR) is 195 cm³/mol. The first-order valence-corrected chi connectivity index (χ1v) is 16.3. The second-order valence-corrected chi connectivity index (χ2v) is 12.4. The fraction of sp³-hybridized carbons (Fsp3) is 0.0455. The highest BCUT2D eigenvalue weighted by molar-refractivity contribution is 6.12. The van der Waals surface area contributed by atoms with Crippen molar-refractivity contribution in [3.05, 3.63) is 158 Å². The summed E-state index contributed by atoms with van der Waals surface area (Å²) in [5, 5.41) is 2.52. The van der Waals surface area contributed by atoms with E-state index in [2.05, 4.69) is 167 Å². The van der Waals surface area contributed by atoms with Crippen molar-refractivity contribution in [3.8, 4) is 55.9 Å². The van der Waals surface area contributed by atoms with Crippen LogP contribution in [0.25, 0.3) is 72.0 Å². The highest BCUT2D eigenvalue weighted by Crippen LogP contribution is 2.53. The molecule has 47 heavy (non-hydrogen) atoms. The number of aromatic nitrogens is 1. The Bertz CT molecular complexity index is 2460. The first-order valence-electron chi connectivity index (χ1n) is 16.3. The van der Waals surface area contributed by atoms with Gasteiger partial charge in [0.1, 0.15) is 12.4 Å². The minimum atomic E-state index is 0.643. The number of para-hydroxylation sites is 3. The second-order valence-electron chi connectivity index (χ2n) is 12.4. The van der Waals surface area contributed by atoms with E-state index in [9.17, 15) is 0 Å². The Morgan fingerprint density at radius 1 is 0.426 bits per heavy atom. The van der Waals surface area contributed by atoms with Crippen molar-refractivity contribution in [3.63, 3.8) is 0 Å². The summed E-state index contributed by atoms with van der Waals surface area (Å²) in [6, 6.07) is 57.4. The molecule has 10 rings (SSSR count). The van der Waals surface area contributed by atoms with Crippen molar-refractivity contribution in [2.24, 2.45) is 0 Å². The summed E-state index contributed by atoms with van der Waals surface area (Å²) in [7, 11) is 0. The molecule has 0 amide bonds. The molecule has 0 unspecified atom stereocenters. The van der Waals surface area contributed by atoms with Crippen LogP contribution in [0.2, 0.25) is 0 Å². The van der Waals surface area contributed by atoms with E-state index in [1.54, 1.807) is 0 Å². The van der Waals surface area contributed by atoms with Crippen LogP contribution >= 0.6 is 0 Å². The van der Waals surface area contributed by atoms with Gasteiger partial charge in [-0.25, -0.2) is 0 Å². The molecule has 0 atom stereocenters. The minimum absolute atomic E-state index is 0.643. The molecule has 222 valence electrons. The summed E-state index contributed by atoms with van der Waals surface area (Å²) < 4.78 is 8.85. The van der Waals surface area contributed by atoms with Crippen LogP contribution in [0.15, 0.2) is 158 Å². The van der Waals surface area contributed by atoms with E-state index in [0.29, 0.717) is 6.61 Å². The Morgan fingerprint density at radius 2 is 0.979 bits per heavy atom. The molecule has 0 radical (unpaired) electrons. The molecule has 0 bridgehead atoms. The minimum Gasteiger partial charge on any atom is -0.490 e. The molecule has 0 fully saturated rings.